The van der Waals surface area contributed by atoms with Gasteiger partial charge in [-0.2, -0.15) is 14.8 Å². The Morgan fingerprint density at radius 2 is 2.38 bits per heavy atom. The van der Waals surface area contributed by atoms with Crippen LogP contribution >= 0.6 is 0 Å². The second-order valence-corrected chi connectivity index (χ2v) is 3.55. The number of rotatable bonds is 2. The average molecular weight is 214 g/mol. The summed E-state index contributed by atoms with van der Waals surface area (Å²) in [6.45, 7) is 0. The second kappa shape index (κ2) is 3.73. The molecule has 0 saturated carbocycles. The lowest BCUT2D eigenvalue weighted by molar-refractivity contribution is 0.748. The van der Waals surface area contributed by atoms with Gasteiger partial charge in [-0.3, -0.25) is 0 Å². The van der Waals surface area contributed by atoms with E-state index >= 15 is 0 Å². The summed E-state index contributed by atoms with van der Waals surface area (Å²) >= 11 is 0. The largest absolute Gasteiger partial charge is 0.247 e. The first-order valence-corrected chi connectivity index (χ1v) is 5.05. The van der Waals surface area contributed by atoms with Crippen LogP contribution in [0.3, 0.4) is 0 Å². The van der Waals surface area contributed by atoms with E-state index < -0.39 is 0 Å². The van der Waals surface area contributed by atoms with Gasteiger partial charge in [0.25, 0.3) is 0 Å². The van der Waals surface area contributed by atoms with Crippen LogP contribution in [0.1, 0.15) is 18.0 Å². The molecule has 0 spiro atoms. The molecule has 0 saturated heterocycles. The first-order chi connectivity index (χ1) is 7.93. The summed E-state index contributed by atoms with van der Waals surface area (Å²) < 4.78 is 1.59. The zero-order valence-corrected chi connectivity index (χ0v) is 8.48. The van der Waals surface area contributed by atoms with E-state index in [0.29, 0.717) is 11.9 Å². The molecule has 0 bridgehead atoms. The molecule has 16 heavy (non-hydrogen) atoms. The first kappa shape index (κ1) is 9.02. The van der Waals surface area contributed by atoms with E-state index in [2.05, 4.69) is 37.6 Å². The molecule has 0 fully saturated rings. The summed E-state index contributed by atoms with van der Waals surface area (Å²) in [5, 5.41) is 14.7. The van der Waals surface area contributed by atoms with Crippen LogP contribution in [0.15, 0.2) is 36.8 Å². The molecule has 1 aliphatic rings. The van der Waals surface area contributed by atoms with Gasteiger partial charge in [-0.1, -0.05) is 29.5 Å². The molecule has 1 N–H and O–H groups in total. The van der Waals surface area contributed by atoms with Crippen LogP contribution in [0.4, 0.5) is 0 Å². The predicted octanol–water partition coefficient (Wildman–Crippen LogP) is 0.985. The summed E-state index contributed by atoms with van der Waals surface area (Å²) in [5.74, 6) is 0.885. The molecular formula is C10H10N6. The zero-order chi connectivity index (χ0) is 10.8. The van der Waals surface area contributed by atoms with Crippen LogP contribution < -0.4 is 0 Å². The monoisotopic (exact) mass is 214 g/mol. The molecule has 0 aliphatic heterocycles. The van der Waals surface area contributed by atoms with E-state index in [0.717, 1.165) is 12.1 Å². The molecule has 2 aromatic rings. The molecule has 6 heteroatoms. The molecule has 80 valence electrons. The van der Waals surface area contributed by atoms with Crippen molar-refractivity contribution >= 4 is 0 Å². The van der Waals surface area contributed by atoms with Crippen molar-refractivity contribution in [2.45, 2.75) is 12.3 Å². The highest BCUT2D eigenvalue weighted by Gasteiger charge is 2.13. The third kappa shape index (κ3) is 1.54. The van der Waals surface area contributed by atoms with E-state index in [1.54, 1.807) is 4.68 Å². The normalized spacial score (nSPS) is 19.1. The van der Waals surface area contributed by atoms with Crippen molar-refractivity contribution < 1.29 is 0 Å². The number of nitrogens with zero attached hydrogens (tertiary/aromatic N) is 5. The maximum atomic E-state index is 4.14. The molecular weight excluding hydrogens is 204 g/mol. The van der Waals surface area contributed by atoms with Gasteiger partial charge in [0.2, 0.25) is 5.95 Å². The van der Waals surface area contributed by atoms with Gasteiger partial charge in [-0.05, 0) is 6.42 Å². The molecule has 1 atom stereocenters. The van der Waals surface area contributed by atoms with Gasteiger partial charge in [-0.15, -0.1) is 5.10 Å². The Balaban J connectivity index is 1.88. The van der Waals surface area contributed by atoms with Crippen molar-refractivity contribution in [2.75, 3.05) is 0 Å². The maximum Gasteiger partial charge on any atom is 0.247 e. The van der Waals surface area contributed by atoms with Crippen molar-refractivity contribution in [3.63, 3.8) is 0 Å². The average Bonchev–Trinajstić information content (AvgIpc) is 3.01. The van der Waals surface area contributed by atoms with Crippen LogP contribution in [-0.4, -0.2) is 30.2 Å². The molecule has 3 rings (SSSR count). The number of H-pyrrole nitrogens is 1. The highest BCUT2D eigenvalue weighted by Crippen LogP contribution is 2.22. The van der Waals surface area contributed by atoms with E-state index in [1.165, 1.54) is 6.33 Å². The van der Waals surface area contributed by atoms with Crippen LogP contribution in [0.25, 0.3) is 5.95 Å². The third-order valence-electron chi connectivity index (χ3n) is 2.49. The molecule has 1 unspecified atom stereocenters. The van der Waals surface area contributed by atoms with Gasteiger partial charge in [0.1, 0.15) is 6.33 Å². The van der Waals surface area contributed by atoms with Gasteiger partial charge in [0.15, 0.2) is 0 Å². The lowest BCUT2D eigenvalue weighted by Crippen LogP contribution is -1.97. The van der Waals surface area contributed by atoms with Crippen LogP contribution in [-0.2, 0) is 0 Å². The van der Waals surface area contributed by atoms with Gasteiger partial charge in [-0.25, -0.2) is 5.10 Å². The van der Waals surface area contributed by atoms with Crippen LogP contribution in [0.5, 0.6) is 0 Å². The SMILES string of the molecule is C1=CCC(c2cn(-c3ncn[nH]3)nn2)C=C1. The maximum absolute atomic E-state index is 4.14. The van der Waals surface area contributed by atoms with Crippen LogP contribution in [0, 0.1) is 0 Å². The Kier molecular flexibility index (Phi) is 2.10. The van der Waals surface area contributed by atoms with Crippen molar-refractivity contribution in [3.8, 4) is 5.95 Å². The minimum absolute atomic E-state index is 0.307. The third-order valence-corrected chi connectivity index (χ3v) is 2.49. The highest BCUT2D eigenvalue weighted by atomic mass is 15.5. The number of hydrogen-bond acceptors (Lipinski definition) is 4. The molecule has 6 nitrogen and oxygen atoms in total. The summed E-state index contributed by atoms with van der Waals surface area (Å²) in [6.07, 6.45) is 12.6. The number of hydrogen-bond donors (Lipinski definition) is 1. The molecule has 1 aliphatic carbocycles. The number of aromatic nitrogens is 6. The number of allylic oxidation sites excluding steroid dienone is 4. The molecule has 0 radical (unpaired) electrons. The molecule has 2 aromatic heterocycles. The fourth-order valence-electron chi connectivity index (χ4n) is 1.66. The van der Waals surface area contributed by atoms with Gasteiger partial charge in [0, 0.05) is 5.92 Å². The van der Waals surface area contributed by atoms with Gasteiger partial charge < -0.3 is 0 Å². The standard InChI is InChI=1S/C10H10N6/c1-2-4-8(5-3-1)9-6-16(15-13-9)10-11-7-12-14-10/h1-4,6-8H,5H2,(H,11,12,14). The Labute approximate surface area is 91.7 Å². The topological polar surface area (TPSA) is 72.3 Å². The smallest absolute Gasteiger partial charge is 0.244 e. The Hall–Kier alpha value is -2.24. The zero-order valence-electron chi connectivity index (χ0n) is 8.48. The first-order valence-electron chi connectivity index (χ1n) is 5.05. The fraction of sp³-hybridized carbons (Fsp3) is 0.200. The Morgan fingerprint density at radius 1 is 1.38 bits per heavy atom. The lowest BCUT2D eigenvalue weighted by Gasteiger charge is -2.07. The van der Waals surface area contributed by atoms with E-state index in [4.69, 9.17) is 0 Å². The number of nitrogens with one attached hydrogen (secondary N) is 1. The van der Waals surface area contributed by atoms with E-state index in [9.17, 15) is 0 Å². The number of aromatic amines is 1. The summed E-state index contributed by atoms with van der Waals surface area (Å²) in [5.41, 5.74) is 0.942. The molecule has 0 aromatic carbocycles. The lowest BCUT2D eigenvalue weighted by atomic mass is 9.98. The van der Waals surface area contributed by atoms with Crippen molar-refractivity contribution in [1.29, 1.82) is 0 Å². The Bertz CT molecular complexity index is 521. The minimum Gasteiger partial charge on any atom is -0.244 e. The van der Waals surface area contributed by atoms with Crippen molar-refractivity contribution in [2.24, 2.45) is 0 Å². The Morgan fingerprint density at radius 3 is 3.12 bits per heavy atom. The van der Waals surface area contributed by atoms with Gasteiger partial charge >= 0.3 is 0 Å². The van der Waals surface area contributed by atoms with Crippen LogP contribution in [0.2, 0.25) is 0 Å². The minimum atomic E-state index is 0.307. The van der Waals surface area contributed by atoms with E-state index in [-0.39, 0.29) is 0 Å². The van der Waals surface area contributed by atoms with Crippen molar-refractivity contribution in [1.82, 2.24) is 30.2 Å². The predicted molar refractivity (Wildman–Crippen MR) is 56.9 cm³/mol. The highest BCUT2D eigenvalue weighted by molar-refractivity contribution is 5.22. The molecule has 0 amide bonds. The quantitative estimate of drug-likeness (QED) is 0.809. The molecule has 2 heterocycles. The summed E-state index contributed by atoms with van der Waals surface area (Å²) in [7, 11) is 0. The van der Waals surface area contributed by atoms with Gasteiger partial charge in [0.05, 0.1) is 11.9 Å². The summed E-state index contributed by atoms with van der Waals surface area (Å²) in [6, 6.07) is 0. The van der Waals surface area contributed by atoms with Crippen molar-refractivity contribution in [3.05, 3.63) is 42.5 Å². The summed E-state index contributed by atoms with van der Waals surface area (Å²) in [4.78, 5) is 4.01. The van der Waals surface area contributed by atoms with E-state index in [1.807, 2.05) is 18.3 Å². The fourth-order valence-corrected chi connectivity index (χ4v) is 1.66. The second-order valence-electron chi connectivity index (χ2n) is 3.55.